The van der Waals surface area contributed by atoms with Crippen molar-refractivity contribution in [2.45, 2.75) is 30.6 Å². The first kappa shape index (κ1) is 22.9. The first-order chi connectivity index (χ1) is 11.9. The molecule has 1 aliphatic rings. The minimum Gasteiger partial charge on any atom is -0.326 e. The Labute approximate surface area is 162 Å². The number of amides is 1. The zero-order valence-electron chi connectivity index (χ0n) is 15.1. The first-order valence-corrected chi connectivity index (χ1v) is 10.2. The van der Waals surface area contributed by atoms with E-state index in [1.165, 1.54) is 31.4 Å². The highest BCUT2D eigenvalue weighted by molar-refractivity contribution is 7.89. The van der Waals surface area contributed by atoms with Crippen molar-refractivity contribution in [2.24, 2.45) is 11.1 Å². The van der Waals surface area contributed by atoms with Crippen LogP contribution in [0, 0.1) is 5.92 Å². The lowest BCUT2D eigenvalue weighted by atomic mass is 9.93. The third-order valence-corrected chi connectivity index (χ3v) is 5.52. The summed E-state index contributed by atoms with van der Waals surface area (Å²) in [6, 6.07) is 5.99. The number of hydrogen-bond donors (Lipinski definition) is 3. The number of rotatable bonds is 8. The number of piperidine rings is 1. The predicted octanol–water partition coefficient (Wildman–Crippen LogP) is 1.41. The number of primary sulfonamides is 1. The van der Waals surface area contributed by atoms with E-state index < -0.39 is 10.0 Å². The van der Waals surface area contributed by atoms with Crippen LogP contribution >= 0.6 is 12.4 Å². The Morgan fingerprint density at radius 2 is 2.00 bits per heavy atom. The van der Waals surface area contributed by atoms with Gasteiger partial charge in [0.15, 0.2) is 0 Å². The summed E-state index contributed by atoms with van der Waals surface area (Å²) in [6.45, 7) is 3.84. The van der Waals surface area contributed by atoms with Gasteiger partial charge in [-0.05, 0) is 70.1 Å². The Morgan fingerprint density at radius 3 is 2.62 bits per heavy atom. The number of halogens is 1. The van der Waals surface area contributed by atoms with Crippen LogP contribution in [0.3, 0.4) is 0 Å². The highest BCUT2D eigenvalue weighted by atomic mass is 35.5. The summed E-state index contributed by atoms with van der Waals surface area (Å²) >= 11 is 0. The first-order valence-electron chi connectivity index (χ1n) is 8.68. The second-order valence-corrected chi connectivity index (χ2v) is 8.11. The summed E-state index contributed by atoms with van der Waals surface area (Å²) in [5.74, 6) is 0.655. The number of sulfonamides is 1. The standard InChI is InChI=1S/C17H28N4O3S.ClH/c1-19-9-5-14-6-10-21(11-7-14)12-8-17(22)20-15-3-2-4-16(13-15)25(18,23)24;/h2-4,13-14,19H,5-12H2,1H3,(H,20,22)(H2,18,23,24);1H. The second kappa shape index (κ2) is 10.8. The zero-order valence-corrected chi connectivity index (χ0v) is 16.7. The molecule has 0 atom stereocenters. The van der Waals surface area contributed by atoms with Crippen LogP contribution in [0.4, 0.5) is 5.69 Å². The van der Waals surface area contributed by atoms with E-state index in [2.05, 4.69) is 15.5 Å². The summed E-state index contributed by atoms with van der Waals surface area (Å²) in [5.41, 5.74) is 0.447. The highest BCUT2D eigenvalue weighted by Crippen LogP contribution is 2.20. The zero-order chi connectivity index (χ0) is 18.3. The van der Waals surface area contributed by atoms with Gasteiger partial charge in [0, 0.05) is 18.7 Å². The van der Waals surface area contributed by atoms with Gasteiger partial charge in [-0.3, -0.25) is 4.79 Å². The summed E-state index contributed by atoms with van der Waals surface area (Å²) < 4.78 is 22.7. The van der Waals surface area contributed by atoms with Crippen LogP contribution in [0.5, 0.6) is 0 Å². The maximum atomic E-state index is 12.1. The molecule has 1 fully saturated rings. The molecule has 0 unspecified atom stereocenters. The average molecular weight is 405 g/mol. The molecule has 1 heterocycles. The lowest BCUT2D eigenvalue weighted by Gasteiger charge is -2.31. The average Bonchev–Trinajstić information content (AvgIpc) is 2.58. The van der Waals surface area contributed by atoms with E-state index in [1.807, 2.05) is 7.05 Å². The Bertz CT molecular complexity index is 676. The van der Waals surface area contributed by atoms with Gasteiger partial charge in [-0.25, -0.2) is 13.6 Å². The van der Waals surface area contributed by atoms with E-state index in [-0.39, 0.29) is 23.2 Å². The minimum atomic E-state index is -3.77. The molecule has 7 nitrogen and oxygen atoms in total. The summed E-state index contributed by atoms with van der Waals surface area (Å²) in [5, 5.41) is 11.0. The molecule has 0 bridgehead atoms. The minimum absolute atomic E-state index is 0. The maximum Gasteiger partial charge on any atom is 0.238 e. The molecule has 9 heteroatoms. The van der Waals surface area contributed by atoms with Crippen molar-refractivity contribution < 1.29 is 13.2 Å². The van der Waals surface area contributed by atoms with E-state index in [0.717, 1.165) is 32.1 Å². The number of carbonyl (C=O) groups excluding carboxylic acids is 1. The van der Waals surface area contributed by atoms with E-state index in [0.29, 0.717) is 12.1 Å². The molecular weight excluding hydrogens is 376 g/mol. The SMILES string of the molecule is CNCCC1CCN(CCC(=O)Nc2cccc(S(N)(=O)=O)c2)CC1.Cl. The maximum absolute atomic E-state index is 12.1. The molecule has 1 saturated heterocycles. The molecule has 26 heavy (non-hydrogen) atoms. The van der Waals surface area contributed by atoms with Crippen LogP contribution in [-0.4, -0.2) is 52.5 Å². The Kier molecular flexibility index (Phi) is 9.52. The molecule has 4 N–H and O–H groups in total. The van der Waals surface area contributed by atoms with Crippen molar-refractivity contribution in [3.63, 3.8) is 0 Å². The molecule has 0 spiro atoms. The smallest absolute Gasteiger partial charge is 0.238 e. The fraction of sp³-hybridized carbons (Fsp3) is 0.588. The number of nitrogens with zero attached hydrogens (tertiary/aromatic N) is 1. The van der Waals surface area contributed by atoms with E-state index in [4.69, 9.17) is 5.14 Å². The molecular formula is C17H29ClN4O3S. The second-order valence-electron chi connectivity index (χ2n) is 6.55. The highest BCUT2D eigenvalue weighted by Gasteiger charge is 2.19. The lowest BCUT2D eigenvalue weighted by Crippen LogP contribution is -2.36. The molecule has 1 aliphatic heterocycles. The van der Waals surface area contributed by atoms with Gasteiger partial charge in [0.2, 0.25) is 15.9 Å². The molecule has 1 amide bonds. The van der Waals surface area contributed by atoms with Crippen LogP contribution in [0.15, 0.2) is 29.2 Å². The van der Waals surface area contributed by atoms with Crippen molar-refractivity contribution >= 4 is 34.0 Å². The van der Waals surface area contributed by atoms with E-state index >= 15 is 0 Å². The topological polar surface area (TPSA) is 105 Å². The number of carbonyl (C=O) groups is 1. The molecule has 0 aliphatic carbocycles. The molecule has 0 saturated carbocycles. The van der Waals surface area contributed by atoms with Gasteiger partial charge < -0.3 is 15.5 Å². The van der Waals surface area contributed by atoms with Crippen molar-refractivity contribution in [3.8, 4) is 0 Å². The molecule has 0 radical (unpaired) electrons. The number of benzene rings is 1. The third-order valence-electron chi connectivity index (χ3n) is 4.61. The fourth-order valence-electron chi connectivity index (χ4n) is 3.08. The summed E-state index contributed by atoms with van der Waals surface area (Å²) in [6.07, 6.45) is 3.96. The molecule has 148 valence electrons. The normalized spacial score (nSPS) is 16.1. The van der Waals surface area contributed by atoms with E-state index in [1.54, 1.807) is 12.1 Å². The van der Waals surface area contributed by atoms with Crippen molar-refractivity contribution in [2.75, 3.05) is 38.5 Å². The molecule has 1 aromatic rings. The number of hydrogen-bond acceptors (Lipinski definition) is 5. The Balaban J connectivity index is 0.00000338. The van der Waals surface area contributed by atoms with Gasteiger partial charge in [0.25, 0.3) is 0 Å². The number of likely N-dealkylation sites (tertiary alicyclic amines) is 1. The van der Waals surface area contributed by atoms with Crippen LogP contribution in [0.25, 0.3) is 0 Å². The summed E-state index contributed by atoms with van der Waals surface area (Å²) in [7, 11) is -1.79. The predicted molar refractivity (Wildman–Crippen MR) is 106 cm³/mol. The van der Waals surface area contributed by atoms with Gasteiger partial charge in [-0.1, -0.05) is 6.07 Å². The Hall–Kier alpha value is -1.19. The van der Waals surface area contributed by atoms with Gasteiger partial charge in [0.05, 0.1) is 4.90 Å². The molecule has 0 aromatic heterocycles. The molecule has 1 aromatic carbocycles. The van der Waals surface area contributed by atoms with Gasteiger partial charge in [-0.2, -0.15) is 0 Å². The summed E-state index contributed by atoms with van der Waals surface area (Å²) in [4.78, 5) is 14.4. The number of anilines is 1. The largest absolute Gasteiger partial charge is 0.326 e. The van der Waals surface area contributed by atoms with Crippen molar-refractivity contribution in [1.82, 2.24) is 10.2 Å². The van der Waals surface area contributed by atoms with Gasteiger partial charge >= 0.3 is 0 Å². The van der Waals surface area contributed by atoms with Crippen LogP contribution in [0.1, 0.15) is 25.7 Å². The van der Waals surface area contributed by atoms with Crippen LogP contribution in [-0.2, 0) is 14.8 Å². The van der Waals surface area contributed by atoms with E-state index in [9.17, 15) is 13.2 Å². The Morgan fingerprint density at radius 1 is 1.31 bits per heavy atom. The monoisotopic (exact) mass is 404 g/mol. The van der Waals surface area contributed by atoms with Crippen LogP contribution in [0.2, 0.25) is 0 Å². The van der Waals surface area contributed by atoms with Gasteiger partial charge in [0.1, 0.15) is 0 Å². The number of nitrogens with two attached hydrogens (primary N) is 1. The fourth-order valence-corrected chi connectivity index (χ4v) is 3.64. The quantitative estimate of drug-likeness (QED) is 0.607. The van der Waals surface area contributed by atoms with Gasteiger partial charge in [-0.15, -0.1) is 12.4 Å². The third kappa shape index (κ3) is 7.59. The van der Waals surface area contributed by atoms with Crippen molar-refractivity contribution in [1.29, 1.82) is 0 Å². The number of nitrogens with one attached hydrogen (secondary N) is 2. The lowest BCUT2D eigenvalue weighted by molar-refractivity contribution is -0.116. The molecule has 2 rings (SSSR count). The van der Waals surface area contributed by atoms with Crippen LogP contribution < -0.4 is 15.8 Å². The van der Waals surface area contributed by atoms with Crippen molar-refractivity contribution in [3.05, 3.63) is 24.3 Å².